The molecule has 2 aromatic rings. The van der Waals surface area contributed by atoms with Crippen LogP contribution in [0.4, 0.5) is 10.5 Å². The predicted molar refractivity (Wildman–Crippen MR) is 114 cm³/mol. The van der Waals surface area contributed by atoms with Gasteiger partial charge in [0.1, 0.15) is 18.1 Å². The molecule has 0 saturated carbocycles. The molecular weight excluding hydrogens is 422 g/mol. The van der Waals surface area contributed by atoms with Gasteiger partial charge in [0, 0.05) is 36.9 Å². The number of thioether (sulfide) groups is 1. The van der Waals surface area contributed by atoms with Crippen LogP contribution in [-0.2, 0) is 9.59 Å². The minimum Gasteiger partial charge on any atom is -0.457 e. The van der Waals surface area contributed by atoms with Gasteiger partial charge in [0.2, 0.25) is 5.91 Å². The van der Waals surface area contributed by atoms with Crippen molar-refractivity contribution in [3.05, 3.63) is 57.2 Å². The van der Waals surface area contributed by atoms with E-state index in [1.54, 1.807) is 29.2 Å². The summed E-state index contributed by atoms with van der Waals surface area (Å²) < 4.78 is 5.69. The van der Waals surface area contributed by atoms with Gasteiger partial charge in [-0.15, -0.1) is 0 Å². The Morgan fingerprint density at radius 2 is 1.94 bits per heavy atom. The first-order chi connectivity index (χ1) is 14.9. The molecule has 3 heterocycles. The van der Waals surface area contributed by atoms with E-state index in [0.717, 1.165) is 35.9 Å². The van der Waals surface area contributed by atoms with E-state index < -0.39 is 16.1 Å². The van der Waals surface area contributed by atoms with E-state index in [4.69, 9.17) is 4.42 Å². The maximum Gasteiger partial charge on any atom is 0.294 e. The third-order valence-electron chi connectivity index (χ3n) is 5.12. The lowest BCUT2D eigenvalue weighted by atomic mass is 10.1. The number of carbonyl (C=O) groups is 3. The van der Waals surface area contributed by atoms with Crippen molar-refractivity contribution < 1.29 is 23.7 Å². The van der Waals surface area contributed by atoms with Crippen molar-refractivity contribution in [2.75, 3.05) is 19.6 Å². The predicted octanol–water partition coefficient (Wildman–Crippen LogP) is 3.90. The number of nitro groups is 1. The van der Waals surface area contributed by atoms with Gasteiger partial charge >= 0.3 is 0 Å². The Kier molecular flexibility index (Phi) is 5.90. The van der Waals surface area contributed by atoms with Crippen molar-refractivity contribution in [1.29, 1.82) is 0 Å². The number of benzene rings is 1. The summed E-state index contributed by atoms with van der Waals surface area (Å²) in [5, 5.41) is 10.5. The zero-order valence-corrected chi connectivity index (χ0v) is 17.3. The maximum atomic E-state index is 12.7. The highest BCUT2D eigenvalue weighted by Gasteiger charge is 2.37. The molecule has 4 rings (SSSR count). The van der Waals surface area contributed by atoms with E-state index in [-0.39, 0.29) is 23.0 Å². The summed E-state index contributed by atoms with van der Waals surface area (Å²) in [6, 6.07) is 9.25. The zero-order valence-electron chi connectivity index (χ0n) is 16.5. The van der Waals surface area contributed by atoms with Crippen LogP contribution >= 0.6 is 11.8 Å². The highest BCUT2D eigenvalue weighted by Crippen LogP contribution is 2.33. The number of non-ortho nitro benzene ring substituents is 1. The second-order valence-corrected chi connectivity index (χ2v) is 8.21. The molecule has 1 aromatic heterocycles. The van der Waals surface area contributed by atoms with Crippen molar-refractivity contribution in [3.63, 3.8) is 0 Å². The molecule has 2 fully saturated rings. The number of hydrogen-bond donors (Lipinski definition) is 0. The minimum absolute atomic E-state index is 0.0602. The molecular formula is C21H19N3O6S. The summed E-state index contributed by atoms with van der Waals surface area (Å²) in [6.07, 6.45) is 4.38. The van der Waals surface area contributed by atoms with E-state index >= 15 is 0 Å². The maximum absolute atomic E-state index is 12.7. The average Bonchev–Trinajstić information content (AvgIpc) is 3.35. The van der Waals surface area contributed by atoms with Gasteiger partial charge in [-0.1, -0.05) is 12.1 Å². The summed E-state index contributed by atoms with van der Waals surface area (Å²) in [6.45, 7) is 1.04. The molecule has 2 aliphatic heterocycles. The standard InChI is InChI=1S/C21H19N3O6S/c25-19(22-9-2-1-3-10-22)13-23-20(26)18(31-21(23)27)12-16-7-8-17(30-16)14-5-4-6-15(11-14)24(28)29/h4-8,11-12H,1-3,9-10,13H2/b18-12+. The molecule has 2 saturated heterocycles. The SMILES string of the molecule is O=C(CN1C(=O)S/C(=C/c2ccc(-c3cccc([N+](=O)[O-])c3)o2)C1=O)N1CCCCC1. The van der Waals surface area contributed by atoms with Gasteiger partial charge in [0.25, 0.3) is 16.8 Å². The number of nitro benzene ring substituents is 1. The summed E-state index contributed by atoms with van der Waals surface area (Å²) in [5.74, 6) is -0.0355. The summed E-state index contributed by atoms with van der Waals surface area (Å²) in [5.41, 5.74) is 0.462. The molecule has 2 aliphatic rings. The second kappa shape index (κ2) is 8.76. The molecule has 0 N–H and O–H groups in total. The van der Waals surface area contributed by atoms with Gasteiger partial charge < -0.3 is 9.32 Å². The first-order valence-corrected chi connectivity index (χ1v) is 10.6. The second-order valence-electron chi connectivity index (χ2n) is 7.22. The lowest BCUT2D eigenvalue weighted by Crippen LogP contribution is -2.44. The van der Waals surface area contributed by atoms with Gasteiger partial charge in [0.05, 0.1) is 9.83 Å². The Morgan fingerprint density at radius 3 is 2.68 bits per heavy atom. The van der Waals surface area contributed by atoms with E-state index in [1.807, 2.05) is 0 Å². The average molecular weight is 441 g/mol. The molecule has 0 aliphatic carbocycles. The molecule has 0 atom stereocenters. The van der Waals surface area contributed by atoms with Gasteiger partial charge in [-0.3, -0.25) is 29.4 Å². The fraction of sp³-hybridized carbons (Fsp3) is 0.286. The summed E-state index contributed by atoms with van der Waals surface area (Å²) in [4.78, 5) is 50.7. The van der Waals surface area contributed by atoms with E-state index in [0.29, 0.717) is 30.2 Å². The Morgan fingerprint density at radius 1 is 1.16 bits per heavy atom. The van der Waals surface area contributed by atoms with Crippen molar-refractivity contribution in [3.8, 4) is 11.3 Å². The van der Waals surface area contributed by atoms with Gasteiger partial charge in [0.15, 0.2) is 0 Å². The first-order valence-electron chi connectivity index (χ1n) is 9.80. The fourth-order valence-electron chi connectivity index (χ4n) is 3.50. The number of nitrogens with zero attached hydrogens (tertiary/aromatic N) is 3. The van der Waals surface area contributed by atoms with Crippen molar-refractivity contribution in [1.82, 2.24) is 9.80 Å². The summed E-state index contributed by atoms with van der Waals surface area (Å²) in [7, 11) is 0. The highest BCUT2D eigenvalue weighted by atomic mass is 32.2. The van der Waals surface area contributed by atoms with Crippen LogP contribution in [0.15, 0.2) is 45.7 Å². The van der Waals surface area contributed by atoms with Crippen LogP contribution < -0.4 is 0 Å². The molecule has 0 unspecified atom stereocenters. The van der Waals surface area contributed by atoms with Crippen LogP contribution in [0.2, 0.25) is 0 Å². The van der Waals surface area contributed by atoms with Gasteiger partial charge in [-0.05, 0) is 43.2 Å². The third-order valence-corrected chi connectivity index (χ3v) is 6.02. The van der Waals surface area contributed by atoms with E-state index in [9.17, 15) is 24.5 Å². The Labute approximate surface area is 181 Å². The van der Waals surface area contributed by atoms with Crippen LogP contribution in [-0.4, -0.2) is 51.4 Å². The van der Waals surface area contributed by atoms with E-state index in [1.165, 1.54) is 18.2 Å². The lowest BCUT2D eigenvalue weighted by Gasteiger charge is -2.27. The molecule has 1 aromatic carbocycles. The Balaban J connectivity index is 1.48. The van der Waals surface area contributed by atoms with Gasteiger partial charge in [-0.2, -0.15) is 0 Å². The number of carbonyl (C=O) groups excluding carboxylic acids is 3. The Hall–Kier alpha value is -3.40. The number of amides is 3. The number of furan rings is 1. The largest absolute Gasteiger partial charge is 0.457 e. The van der Waals surface area contributed by atoms with Crippen LogP contribution in [0, 0.1) is 10.1 Å². The number of imide groups is 1. The topological polar surface area (TPSA) is 114 Å². The van der Waals surface area contributed by atoms with Gasteiger partial charge in [-0.25, -0.2) is 0 Å². The molecule has 160 valence electrons. The molecule has 0 spiro atoms. The first kappa shape index (κ1) is 20.9. The quantitative estimate of drug-likeness (QED) is 0.393. The van der Waals surface area contributed by atoms with Crippen molar-refractivity contribution in [2.24, 2.45) is 0 Å². The lowest BCUT2D eigenvalue weighted by molar-refractivity contribution is -0.384. The highest BCUT2D eigenvalue weighted by molar-refractivity contribution is 8.18. The molecule has 0 bridgehead atoms. The monoisotopic (exact) mass is 441 g/mol. The van der Waals surface area contributed by atoms with E-state index in [2.05, 4.69) is 0 Å². The van der Waals surface area contributed by atoms with Crippen LogP contribution in [0.1, 0.15) is 25.0 Å². The number of piperidine rings is 1. The minimum atomic E-state index is -0.534. The fourth-order valence-corrected chi connectivity index (χ4v) is 4.32. The third kappa shape index (κ3) is 4.53. The summed E-state index contributed by atoms with van der Waals surface area (Å²) >= 11 is 0.755. The molecule has 31 heavy (non-hydrogen) atoms. The zero-order chi connectivity index (χ0) is 22.0. The molecule has 3 amide bonds. The van der Waals surface area contributed by atoms with Crippen molar-refractivity contribution >= 4 is 40.6 Å². The molecule has 10 heteroatoms. The Bertz CT molecular complexity index is 1090. The smallest absolute Gasteiger partial charge is 0.294 e. The number of hydrogen-bond acceptors (Lipinski definition) is 7. The molecule has 9 nitrogen and oxygen atoms in total. The number of likely N-dealkylation sites (tertiary alicyclic amines) is 1. The van der Waals surface area contributed by atoms with Crippen molar-refractivity contribution in [2.45, 2.75) is 19.3 Å². The normalized spacial score (nSPS) is 18.1. The molecule has 0 radical (unpaired) electrons. The number of rotatable bonds is 5. The van der Waals surface area contributed by atoms with Crippen LogP contribution in [0.25, 0.3) is 17.4 Å². The van der Waals surface area contributed by atoms with Crippen LogP contribution in [0.5, 0.6) is 0 Å². The van der Waals surface area contributed by atoms with Crippen LogP contribution in [0.3, 0.4) is 0 Å².